The Morgan fingerprint density at radius 2 is 1.96 bits per heavy atom. The molecule has 0 aliphatic heterocycles. The van der Waals surface area contributed by atoms with E-state index in [0.29, 0.717) is 12.3 Å². The fourth-order valence-corrected chi connectivity index (χ4v) is 2.60. The van der Waals surface area contributed by atoms with Gasteiger partial charge in [0.1, 0.15) is 5.75 Å². The molecule has 1 amide bonds. The van der Waals surface area contributed by atoms with Gasteiger partial charge in [0.05, 0.1) is 12.7 Å². The summed E-state index contributed by atoms with van der Waals surface area (Å²) >= 11 is 0. The summed E-state index contributed by atoms with van der Waals surface area (Å²) in [6.45, 7) is 2.35. The van der Waals surface area contributed by atoms with E-state index >= 15 is 0 Å². The number of methoxy groups -OCH3 is 1. The third-order valence-electron chi connectivity index (χ3n) is 4.10. The number of carbonyl (C=O) groups is 1. The molecule has 0 atom stereocenters. The Labute approximate surface area is 151 Å². The number of hydrogen-bond donors (Lipinski definition) is 0. The molecular formula is C19H23N3O4. The number of carbonyl (C=O) groups excluding carboxylic acids is 1. The molecule has 1 heterocycles. The van der Waals surface area contributed by atoms with E-state index in [-0.39, 0.29) is 11.5 Å². The minimum Gasteiger partial charge on any atom is -0.496 e. The lowest BCUT2D eigenvalue weighted by Gasteiger charge is -2.17. The van der Waals surface area contributed by atoms with Crippen molar-refractivity contribution in [2.24, 2.45) is 14.1 Å². The Morgan fingerprint density at radius 3 is 2.62 bits per heavy atom. The summed E-state index contributed by atoms with van der Waals surface area (Å²) in [5.41, 5.74) is 1.38. The van der Waals surface area contributed by atoms with Gasteiger partial charge in [-0.2, -0.15) is 0 Å². The molecule has 7 heteroatoms. The summed E-state index contributed by atoms with van der Waals surface area (Å²) in [5, 5.41) is 0. The first kappa shape index (κ1) is 19.2. The zero-order valence-electron chi connectivity index (χ0n) is 15.6. The van der Waals surface area contributed by atoms with Gasteiger partial charge in [-0.15, -0.1) is 0 Å². The molecule has 2 aromatic rings. The van der Waals surface area contributed by atoms with E-state index in [0.717, 1.165) is 15.7 Å². The molecule has 0 saturated carbocycles. The van der Waals surface area contributed by atoms with Gasteiger partial charge in [-0.1, -0.05) is 17.7 Å². The maximum Gasteiger partial charge on any atom is 0.330 e. The Hall–Kier alpha value is -3.09. The van der Waals surface area contributed by atoms with Crippen LogP contribution in [-0.2, 0) is 25.4 Å². The molecule has 0 aliphatic carbocycles. The average Bonchev–Trinajstić information content (AvgIpc) is 2.61. The zero-order chi connectivity index (χ0) is 19.4. The molecule has 138 valence electrons. The third-order valence-corrected chi connectivity index (χ3v) is 4.10. The molecule has 0 radical (unpaired) electrons. The van der Waals surface area contributed by atoms with Crippen LogP contribution in [0, 0.1) is 6.92 Å². The van der Waals surface area contributed by atoms with E-state index < -0.39 is 11.2 Å². The Morgan fingerprint density at radius 1 is 1.27 bits per heavy atom. The van der Waals surface area contributed by atoms with Gasteiger partial charge in [-0.25, -0.2) is 4.79 Å². The Kier molecular flexibility index (Phi) is 5.82. The second-order valence-corrected chi connectivity index (χ2v) is 6.19. The molecule has 0 fully saturated rings. The van der Waals surface area contributed by atoms with Crippen LogP contribution in [0.25, 0.3) is 6.08 Å². The number of aromatic nitrogens is 2. The van der Waals surface area contributed by atoms with Gasteiger partial charge >= 0.3 is 5.69 Å². The molecule has 0 aliphatic rings. The summed E-state index contributed by atoms with van der Waals surface area (Å²) in [5.74, 6) is 0.454. The number of hydrogen-bond acceptors (Lipinski definition) is 4. The van der Waals surface area contributed by atoms with Crippen molar-refractivity contribution < 1.29 is 9.53 Å². The SMILES string of the molecule is COc1ccc(C)cc1CN(C)C(=O)/C=C\c1cn(C)c(=O)n(C)c1=O. The van der Waals surface area contributed by atoms with Crippen LogP contribution in [0.15, 0.2) is 40.1 Å². The van der Waals surface area contributed by atoms with Crippen molar-refractivity contribution in [1.82, 2.24) is 14.0 Å². The van der Waals surface area contributed by atoms with Crippen LogP contribution >= 0.6 is 0 Å². The zero-order valence-corrected chi connectivity index (χ0v) is 15.6. The predicted molar refractivity (Wildman–Crippen MR) is 100 cm³/mol. The number of benzene rings is 1. The van der Waals surface area contributed by atoms with E-state index in [4.69, 9.17) is 4.74 Å². The fraction of sp³-hybridized carbons (Fsp3) is 0.316. The second-order valence-electron chi connectivity index (χ2n) is 6.19. The highest BCUT2D eigenvalue weighted by molar-refractivity contribution is 5.91. The van der Waals surface area contributed by atoms with Crippen LogP contribution in [-0.4, -0.2) is 34.1 Å². The molecule has 1 aromatic carbocycles. The van der Waals surface area contributed by atoms with Gasteiger partial charge in [0.2, 0.25) is 5.91 Å². The van der Waals surface area contributed by atoms with Gasteiger partial charge < -0.3 is 14.2 Å². The standard InChI is InChI=1S/C19H23N3O4/c1-13-6-8-16(26-5)15(10-13)12-20(2)17(23)9-7-14-11-21(3)19(25)22(4)18(14)24/h6-11H,12H2,1-5H3/b9-7-. The van der Waals surface area contributed by atoms with Crippen molar-refractivity contribution in [2.45, 2.75) is 13.5 Å². The highest BCUT2D eigenvalue weighted by atomic mass is 16.5. The van der Waals surface area contributed by atoms with E-state index in [1.54, 1.807) is 21.2 Å². The highest BCUT2D eigenvalue weighted by Crippen LogP contribution is 2.21. The lowest BCUT2D eigenvalue weighted by molar-refractivity contribution is -0.125. The van der Waals surface area contributed by atoms with Crippen molar-refractivity contribution in [3.05, 3.63) is 68.0 Å². The first-order chi connectivity index (χ1) is 12.2. The summed E-state index contributed by atoms with van der Waals surface area (Å²) in [4.78, 5) is 37.7. The Bertz CT molecular complexity index is 970. The molecule has 7 nitrogen and oxygen atoms in total. The number of aryl methyl sites for hydroxylation is 2. The van der Waals surface area contributed by atoms with E-state index in [1.807, 2.05) is 25.1 Å². The van der Waals surface area contributed by atoms with Crippen molar-refractivity contribution in [3.8, 4) is 5.75 Å². The first-order valence-corrected chi connectivity index (χ1v) is 8.08. The number of nitrogens with zero attached hydrogens (tertiary/aromatic N) is 3. The number of amides is 1. The van der Waals surface area contributed by atoms with Gasteiger partial charge in [0.25, 0.3) is 5.56 Å². The first-order valence-electron chi connectivity index (χ1n) is 8.08. The molecule has 0 spiro atoms. The van der Waals surface area contributed by atoms with Crippen LogP contribution in [0.3, 0.4) is 0 Å². The van der Waals surface area contributed by atoms with Crippen molar-refractivity contribution in [1.29, 1.82) is 0 Å². The Balaban J connectivity index is 2.20. The molecule has 2 rings (SSSR count). The quantitative estimate of drug-likeness (QED) is 0.751. The van der Waals surface area contributed by atoms with Crippen LogP contribution in [0.2, 0.25) is 0 Å². The van der Waals surface area contributed by atoms with Crippen LogP contribution in [0.5, 0.6) is 5.75 Å². The van der Waals surface area contributed by atoms with E-state index in [2.05, 4.69) is 0 Å². The van der Waals surface area contributed by atoms with Gasteiger partial charge in [-0.05, 0) is 19.1 Å². The predicted octanol–water partition coefficient (Wildman–Crippen LogP) is 1.07. The lowest BCUT2D eigenvalue weighted by Crippen LogP contribution is -2.37. The van der Waals surface area contributed by atoms with Crippen molar-refractivity contribution in [3.63, 3.8) is 0 Å². The normalized spacial score (nSPS) is 11.0. The van der Waals surface area contributed by atoms with Crippen LogP contribution in [0.1, 0.15) is 16.7 Å². The highest BCUT2D eigenvalue weighted by Gasteiger charge is 2.11. The minimum atomic E-state index is -0.444. The minimum absolute atomic E-state index is 0.260. The molecular weight excluding hydrogens is 334 g/mol. The number of likely N-dealkylation sites (N-methyl/N-ethyl adjacent to an activating group) is 1. The van der Waals surface area contributed by atoms with Crippen molar-refractivity contribution >= 4 is 12.0 Å². The monoisotopic (exact) mass is 357 g/mol. The van der Waals surface area contributed by atoms with Crippen LogP contribution in [0.4, 0.5) is 0 Å². The van der Waals surface area contributed by atoms with E-state index in [1.165, 1.54) is 34.9 Å². The number of ether oxygens (including phenoxy) is 1. The molecule has 1 aromatic heterocycles. The number of rotatable bonds is 5. The molecule has 0 bridgehead atoms. The smallest absolute Gasteiger partial charge is 0.330 e. The summed E-state index contributed by atoms with van der Waals surface area (Å²) in [6, 6.07) is 5.78. The third kappa shape index (κ3) is 4.11. The summed E-state index contributed by atoms with van der Waals surface area (Å²) in [6.07, 6.45) is 4.16. The fourth-order valence-electron chi connectivity index (χ4n) is 2.60. The van der Waals surface area contributed by atoms with Gasteiger partial charge in [0, 0.05) is 45.5 Å². The van der Waals surface area contributed by atoms with Gasteiger partial charge in [0.15, 0.2) is 0 Å². The summed E-state index contributed by atoms with van der Waals surface area (Å²) < 4.78 is 7.64. The largest absolute Gasteiger partial charge is 0.496 e. The molecule has 0 N–H and O–H groups in total. The maximum absolute atomic E-state index is 12.4. The van der Waals surface area contributed by atoms with E-state index in [9.17, 15) is 14.4 Å². The maximum atomic E-state index is 12.4. The lowest BCUT2D eigenvalue weighted by atomic mass is 10.1. The average molecular weight is 357 g/mol. The summed E-state index contributed by atoms with van der Waals surface area (Å²) in [7, 11) is 6.22. The van der Waals surface area contributed by atoms with Crippen molar-refractivity contribution in [2.75, 3.05) is 14.2 Å². The topological polar surface area (TPSA) is 73.5 Å². The molecule has 0 saturated heterocycles. The molecule has 26 heavy (non-hydrogen) atoms. The molecule has 0 unspecified atom stereocenters. The second kappa shape index (κ2) is 7.86. The van der Waals surface area contributed by atoms with Crippen LogP contribution < -0.4 is 16.0 Å². The van der Waals surface area contributed by atoms with Gasteiger partial charge in [-0.3, -0.25) is 14.2 Å².